The number of aromatic nitrogens is 2. The van der Waals surface area contributed by atoms with Crippen molar-refractivity contribution >= 4 is 15.9 Å². The Morgan fingerprint density at radius 1 is 1.30 bits per heavy atom. The van der Waals surface area contributed by atoms with Crippen molar-refractivity contribution in [1.82, 2.24) is 15.1 Å². The summed E-state index contributed by atoms with van der Waals surface area (Å²) in [4.78, 5) is 0. The molecule has 2 aromatic rings. The molecular weight excluding hydrogens is 314 g/mol. The molecule has 0 radical (unpaired) electrons. The number of hydrogen-bond donors (Lipinski definition) is 1. The van der Waals surface area contributed by atoms with Gasteiger partial charge >= 0.3 is 0 Å². The smallest absolute Gasteiger partial charge is 0.0649 e. The van der Waals surface area contributed by atoms with E-state index in [9.17, 15) is 0 Å². The highest BCUT2D eigenvalue weighted by molar-refractivity contribution is 9.10. The number of nitrogens with one attached hydrogen (secondary N) is 1. The van der Waals surface area contributed by atoms with Crippen LogP contribution in [0.5, 0.6) is 0 Å². The van der Waals surface area contributed by atoms with E-state index < -0.39 is 0 Å². The van der Waals surface area contributed by atoms with Gasteiger partial charge < -0.3 is 5.32 Å². The Morgan fingerprint density at radius 2 is 2.05 bits per heavy atom. The fraction of sp³-hybridized carbons (Fsp3) is 0.438. The molecule has 0 saturated heterocycles. The van der Waals surface area contributed by atoms with Crippen LogP contribution in [-0.4, -0.2) is 15.8 Å². The zero-order chi connectivity index (χ0) is 13.9. The molecule has 1 N–H and O–H groups in total. The summed E-state index contributed by atoms with van der Waals surface area (Å²) < 4.78 is 3.18. The Kier molecular flexibility index (Phi) is 4.22. The first-order valence-electron chi connectivity index (χ1n) is 7.33. The lowest BCUT2D eigenvalue weighted by Gasteiger charge is -2.09. The summed E-state index contributed by atoms with van der Waals surface area (Å²) in [5, 5.41) is 8.18. The third-order valence-corrected chi connectivity index (χ3v) is 4.20. The van der Waals surface area contributed by atoms with Crippen LogP contribution in [0.15, 0.2) is 34.9 Å². The number of halogens is 1. The highest BCUT2D eigenvalue weighted by Gasteiger charge is 2.21. The van der Waals surface area contributed by atoms with Gasteiger partial charge in [-0.25, -0.2) is 4.68 Å². The second kappa shape index (κ2) is 6.10. The molecule has 1 fully saturated rings. The molecule has 1 heterocycles. The van der Waals surface area contributed by atoms with Crippen molar-refractivity contribution in [2.45, 2.75) is 45.2 Å². The van der Waals surface area contributed by atoms with E-state index in [1.54, 1.807) is 0 Å². The van der Waals surface area contributed by atoms with Crippen LogP contribution in [0.25, 0.3) is 5.69 Å². The molecule has 1 aromatic heterocycles. The average Bonchev–Trinajstić information content (AvgIpc) is 3.20. The molecule has 0 atom stereocenters. The van der Waals surface area contributed by atoms with Crippen molar-refractivity contribution < 1.29 is 0 Å². The average molecular weight is 334 g/mol. The predicted molar refractivity (Wildman–Crippen MR) is 85.1 cm³/mol. The van der Waals surface area contributed by atoms with Crippen LogP contribution >= 0.6 is 15.9 Å². The fourth-order valence-corrected chi connectivity index (χ4v) is 2.67. The van der Waals surface area contributed by atoms with Crippen LogP contribution < -0.4 is 5.32 Å². The quantitative estimate of drug-likeness (QED) is 0.870. The Labute approximate surface area is 128 Å². The second-order valence-corrected chi connectivity index (χ2v) is 6.33. The fourth-order valence-electron chi connectivity index (χ4n) is 2.41. The van der Waals surface area contributed by atoms with E-state index in [1.807, 2.05) is 6.20 Å². The van der Waals surface area contributed by atoms with Crippen LogP contribution in [0, 0.1) is 0 Å². The van der Waals surface area contributed by atoms with E-state index in [-0.39, 0.29) is 0 Å². The minimum absolute atomic E-state index is 0.737. The molecule has 4 heteroatoms. The van der Waals surface area contributed by atoms with Gasteiger partial charge in [-0.15, -0.1) is 0 Å². The molecule has 106 valence electrons. The molecule has 20 heavy (non-hydrogen) atoms. The third-order valence-electron chi connectivity index (χ3n) is 3.67. The minimum atomic E-state index is 0.737. The maximum absolute atomic E-state index is 4.59. The molecule has 1 aliphatic rings. The summed E-state index contributed by atoms with van der Waals surface area (Å²) >= 11 is 3.48. The van der Waals surface area contributed by atoms with Crippen LogP contribution in [0.1, 0.15) is 37.4 Å². The first-order chi connectivity index (χ1) is 9.78. The van der Waals surface area contributed by atoms with Gasteiger partial charge in [0, 0.05) is 28.3 Å². The molecule has 0 amide bonds. The monoisotopic (exact) mass is 333 g/mol. The van der Waals surface area contributed by atoms with Crippen molar-refractivity contribution in [3.8, 4) is 5.69 Å². The zero-order valence-corrected chi connectivity index (χ0v) is 13.4. The summed E-state index contributed by atoms with van der Waals surface area (Å²) in [6.07, 6.45) is 6.87. The van der Waals surface area contributed by atoms with E-state index in [1.165, 1.54) is 24.1 Å². The van der Waals surface area contributed by atoms with Gasteiger partial charge in [0.15, 0.2) is 0 Å². The number of hydrogen-bond acceptors (Lipinski definition) is 2. The van der Waals surface area contributed by atoms with Gasteiger partial charge in [0.25, 0.3) is 0 Å². The normalized spacial score (nSPS) is 14.7. The third kappa shape index (κ3) is 3.13. The minimum Gasteiger partial charge on any atom is -0.310 e. The van der Waals surface area contributed by atoms with Crippen LogP contribution in [0.4, 0.5) is 0 Å². The summed E-state index contributed by atoms with van der Waals surface area (Å²) in [6.45, 7) is 3.16. The number of rotatable bonds is 6. The molecule has 1 aromatic carbocycles. The molecule has 0 bridgehead atoms. The van der Waals surface area contributed by atoms with Gasteiger partial charge in [0.1, 0.15) is 0 Å². The Bertz CT molecular complexity index is 570. The summed E-state index contributed by atoms with van der Waals surface area (Å²) in [6, 6.07) is 9.08. The lowest BCUT2D eigenvalue weighted by molar-refractivity contribution is 0.676. The van der Waals surface area contributed by atoms with Crippen LogP contribution in [0.2, 0.25) is 0 Å². The topological polar surface area (TPSA) is 29.9 Å². The van der Waals surface area contributed by atoms with E-state index in [4.69, 9.17) is 0 Å². The number of nitrogens with zero attached hydrogens (tertiary/aromatic N) is 2. The molecule has 1 saturated carbocycles. The van der Waals surface area contributed by atoms with Gasteiger partial charge in [-0.1, -0.05) is 29.3 Å². The molecule has 0 spiro atoms. The number of benzene rings is 1. The Hall–Kier alpha value is -1.13. The van der Waals surface area contributed by atoms with Crippen molar-refractivity contribution in [3.63, 3.8) is 0 Å². The molecule has 0 unspecified atom stereocenters. The predicted octanol–water partition coefficient (Wildman–Crippen LogP) is 3.84. The van der Waals surface area contributed by atoms with Crippen LogP contribution in [0.3, 0.4) is 0 Å². The first kappa shape index (κ1) is 13.8. The second-order valence-electron chi connectivity index (χ2n) is 5.41. The molecular formula is C16H20BrN3. The Morgan fingerprint density at radius 3 is 2.70 bits per heavy atom. The van der Waals surface area contributed by atoms with E-state index in [0.717, 1.165) is 35.6 Å². The van der Waals surface area contributed by atoms with Gasteiger partial charge in [-0.3, -0.25) is 0 Å². The summed E-state index contributed by atoms with van der Waals surface area (Å²) in [7, 11) is 0. The maximum atomic E-state index is 4.59. The summed E-state index contributed by atoms with van der Waals surface area (Å²) in [5.41, 5.74) is 3.80. The Balaban J connectivity index is 1.86. The van der Waals surface area contributed by atoms with E-state index >= 15 is 0 Å². The van der Waals surface area contributed by atoms with Gasteiger partial charge in [0.2, 0.25) is 0 Å². The SMILES string of the molecule is CCCc1c(CNC2CC2)cnn1-c1ccc(Br)cc1. The van der Waals surface area contributed by atoms with Crippen LogP contribution in [-0.2, 0) is 13.0 Å². The zero-order valence-electron chi connectivity index (χ0n) is 11.8. The summed E-state index contributed by atoms with van der Waals surface area (Å²) in [5.74, 6) is 0. The van der Waals surface area contributed by atoms with Gasteiger partial charge in [-0.2, -0.15) is 5.10 Å². The van der Waals surface area contributed by atoms with E-state index in [0.29, 0.717) is 0 Å². The lowest BCUT2D eigenvalue weighted by Crippen LogP contribution is -2.16. The molecule has 3 nitrogen and oxygen atoms in total. The molecule has 0 aliphatic heterocycles. The lowest BCUT2D eigenvalue weighted by atomic mass is 10.1. The van der Waals surface area contributed by atoms with Gasteiger partial charge in [-0.05, 0) is 43.5 Å². The molecule has 1 aliphatic carbocycles. The van der Waals surface area contributed by atoms with Crippen molar-refractivity contribution in [3.05, 3.63) is 46.2 Å². The van der Waals surface area contributed by atoms with Crippen molar-refractivity contribution in [2.75, 3.05) is 0 Å². The highest BCUT2D eigenvalue weighted by Crippen LogP contribution is 2.22. The maximum Gasteiger partial charge on any atom is 0.0649 e. The van der Waals surface area contributed by atoms with Crippen molar-refractivity contribution in [2.24, 2.45) is 0 Å². The van der Waals surface area contributed by atoms with Crippen molar-refractivity contribution in [1.29, 1.82) is 0 Å². The molecule has 3 rings (SSSR count). The standard InChI is InChI=1S/C16H20BrN3/c1-2-3-16-12(10-18-14-6-7-14)11-19-20(16)15-8-4-13(17)5-9-15/h4-5,8-9,11,14,18H,2-3,6-7,10H2,1H3. The van der Waals surface area contributed by atoms with Gasteiger partial charge in [0.05, 0.1) is 11.9 Å². The highest BCUT2D eigenvalue weighted by atomic mass is 79.9. The largest absolute Gasteiger partial charge is 0.310 e. The first-order valence-corrected chi connectivity index (χ1v) is 8.12. The van der Waals surface area contributed by atoms with E-state index in [2.05, 4.69) is 62.2 Å².